The molecule has 2 heterocycles. The molecule has 7 heteroatoms. The highest BCUT2D eigenvalue weighted by Gasteiger charge is 2.29. The van der Waals surface area contributed by atoms with E-state index in [-0.39, 0.29) is 17.9 Å². The number of morpholine rings is 1. The molecular formula is C18H26N2O4S. The van der Waals surface area contributed by atoms with E-state index in [2.05, 4.69) is 10.2 Å². The van der Waals surface area contributed by atoms with Gasteiger partial charge in [0.25, 0.3) is 0 Å². The minimum absolute atomic E-state index is 0.0777. The van der Waals surface area contributed by atoms with E-state index < -0.39 is 0 Å². The number of carbonyl (C=O) groups is 2. The molecule has 0 radical (unpaired) electrons. The number of thiophene rings is 1. The van der Waals surface area contributed by atoms with Crippen LogP contribution in [0.4, 0.5) is 5.00 Å². The quantitative estimate of drug-likeness (QED) is 0.811. The Morgan fingerprint density at radius 1 is 1.28 bits per heavy atom. The van der Waals surface area contributed by atoms with Gasteiger partial charge in [-0.15, -0.1) is 11.3 Å². The van der Waals surface area contributed by atoms with Gasteiger partial charge in [-0.25, -0.2) is 4.79 Å². The lowest BCUT2D eigenvalue weighted by Gasteiger charge is -2.31. The molecule has 3 rings (SSSR count). The third-order valence-corrected chi connectivity index (χ3v) is 6.07. The number of hydrogen-bond acceptors (Lipinski definition) is 6. The number of ether oxygens (including phenoxy) is 2. The Morgan fingerprint density at radius 2 is 2.00 bits per heavy atom. The second kappa shape index (κ2) is 8.29. The Balaban J connectivity index is 1.79. The first-order chi connectivity index (χ1) is 12.1. The van der Waals surface area contributed by atoms with Crippen LogP contribution in [0.1, 0.15) is 47.5 Å². The lowest BCUT2D eigenvalue weighted by Crippen LogP contribution is -2.47. The average molecular weight is 366 g/mol. The summed E-state index contributed by atoms with van der Waals surface area (Å²) in [4.78, 5) is 28.5. The zero-order valence-corrected chi connectivity index (χ0v) is 15.7. The van der Waals surface area contributed by atoms with Gasteiger partial charge in [-0.1, -0.05) is 0 Å². The molecule has 0 aromatic carbocycles. The van der Waals surface area contributed by atoms with Crippen molar-refractivity contribution < 1.29 is 19.1 Å². The van der Waals surface area contributed by atoms with E-state index in [1.54, 1.807) is 6.92 Å². The Bertz CT molecular complexity index is 637. The van der Waals surface area contributed by atoms with Crippen LogP contribution in [0.5, 0.6) is 0 Å². The van der Waals surface area contributed by atoms with E-state index in [4.69, 9.17) is 9.47 Å². The van der Waals surface area contributed by atoms with E-state index in [1.165, 1.54) is 16.2 Å². The van der Waals surface area contributed by atoms with Crippen molar-refractivity contribution in [3.63, 3.8) is 0 Å². The minimum Gasteiger partial charge on any atom is -0.462 e. The second-order valence-electron chi connectivity index (χ2n) is 6.45. The highest BCUT2D eigenvalue weighted by Crippen LogP contribution is 2.38. The third kappa shape index (κ3) is 4.04. The minimum atomic E-state index is -0.323. The van der Waals surface area contributed by atoms with Gasteiger partial charge >= 0.3 is 5.97 Å². The Labute approximate surface area is 152 Å². The molecule has 6 nitrogen and oxygen atoms in total. The van der Waals surface area contributed by atoms with Crippen LogP contribution in [0.25, 0.3) is 0 Å². The monoisotopic (exact) mass is 366 g/mol. The molecule has 2 aliphatic rings. The van der Waals surface area contributed by atoms with Crippen LogP contribution < -0.4 is 5.32 Å². The van der Waals surface area contributed by atoms with Crippen LogP contribution in [0.2, 0.25) is 0 Å². The summed E-state index contributed by atoms with van der Waals surface area (Å²) in [6.45, 7) is 6.84. The zero-order chi connectivity index (χ0) is 17.8. The maximum absolute atomic E-state index is 12.7. The zero-order valence-electron chi connectivity index (χ0n) is 14.9. The van der Waals surface area contributed by atoms with E-state index in [9.17, 15) is 9.59 Å². The molecule has 1 aliphatic heterocycles. The van der Waals surface area contributed by atoms with E-state index in [0.717, 1.165) is 44.3 Å². The van der Waals surface area contributed by atoms with E-state index in [0.29, 0.717) is 30.4 Å². The van der Waals surface area contributed by atoms with Gasteiger partial charge in [-0.3, -0.25) is 9.69 Å². The van der Waals surface area contributed by atoms with Gasteiger partial charge in [0.05, 0.1) is 31.4 Å². The van der Waals surface area contributed by atoms with Crippen LogP contribution >= 0.6 is 11.3 Å². The number of nitrogens with zero attached hydrogens (tertiary/aromatic N) is 1. The van der Waals surface area contributed by atoms with Crippen molar-refractivity contribution in [3.8, 4) is 0 Å². The summed E-state index contributed by atoms with van der Waals surface area (Å²) in [6, 6.07) is -0.252. The van der Waals surface area contributed by atoms with Gasteiger partial charge in [0.2, 0.25) is 5.91 Å². The van der Waals surface area contributed by atoms with Crippen molar-refractivity contribution in [3.05, 3.63) is 16.0 Å². The summed E-state index contributed by atoms with van der Waals surface area (Å²) >= 11 is 1.53. The molecule has 1 atom stereocenters. The van der Waals surface area contributed by atoms with Crippen LogP contribution in [-0.4, -0.2) is 55.7 Å². The van der Waals surface area contributed by atoms with E-state index >= 15 is 0 Å². The molecule has 138 valence electrons. The number of aryl methyl sites for hydroxylation is 1. The molecule has 1 N–H and O–H groups in total. The number of hydrogen-bond donors (Lipinski definition) is 1. The maximum Gasteiger partial charge on any atom is 0.341 e. The molecule has 0 saturated carbocycles. The first-order valence-electron chi connectivity index (χ1n) is 9.06. The summed E-state index contributed by atoms with van der Waals surface area (Å²) in [5, 5.41) is 3.65. The van der Waals surface area contributed by atoms with Crippen molar-refractivity contribution in [2.24, 2.45) is 0 Å². The van der Waals surface area contributed by atoms with Gasteiger partial charge in [0.1, 0.15) is 5.00 Å². The van der Waals surface area contributed by atoms with Crippen LogP contribution in [0.3, 0.4) is 0 Å². The average Bonchev–Trinajstić information content (AvgIpc) is 2.99. The SMILES string of the molecule is CCOC(=O)c1c(NC(=O)C(C)N2CCOCC2)sc2c1CCCC2. The maximum atomic E-state index is 12.7. The van der Waals surface area contributed by atoms with Crippen LogP contribution in [-0.2, 0) is 27.1 Å². The molecule has 25 heavy (non-hydrogen) atoms. The molecule has 1 saturated heterocycles. The summed E-state index contributed by atoms with van der Waals surface area (Å²) in [5.74, 6) is -0.401. The van der Waals surface area contributed by atoms with Crippen molar-refractivity contribution in [1.29, 1.82) is 0 Å². The highest BCUT2D eigenvalue weighted by molar-refractivity contribution is 7.17. The fourth-order valence-corrected chi connectivity index (χ4v) is 4.70. The van der Waals surface area contributed by atoms with Gasteiger partial charge in [0.15, 0.2) is 0 Å². The molecule has 1 fully saturated rings. The molecule has 1 unspecified atom stereocenters. The number of esters is 1. The van der Waals surface area contributed by atoms with Gasteiger partial charge in [0, 0.05) is 18.0 Å². The van der Waals surface area contributed by atoms with Crippen molar-refractivity contribution in [2.75, 3.05) is 38.2 Å². The van der Waals surface area contributed by atoms with Gasteiger partial charge < -0.3 is 14.8 Å². The molecule has 1 aromatic heterocycles. The standard InChI is InChI=1S/C18H26N2O4S/c1-3-24-18(22)15-13-6-4-5-7-14(13)25-17(15)19-16(21)12(2)20-8-10-23-11-9-20/h12H,3-11H2,1-2H3,(H,19,21). The predicted molar refractivity (Wildman–Crippen MR) is 97.4 cm³/mol. The first kappa shape index (κ1) is 18.4. The fraction of sp³-hybridized carbons (Fsp3) is 0.667. The van der Waals surface area contributed by atoms with Crippen molar-refractivity contribution in [1.82, 2.24) is 4.90 Å². The molecule has 0 spiro atoms. The van der Waals surface area contributed by atoms with Gasteiger partial charge in [-0.2, -0.15) is 0 Å². The number of rotatable bonds is 5. The molecule has 0 bridgehead atoms. The van der Waals surface area contributed by atoms with Crippen LogP contribution in [0.15, 0.2) is 0 Å². The fourth-order valence-electron chi connectivity index (χ4n) is 3.42. The van der Waals surface area contributed by atoms with Gasteiger partial charge in [-0.05, 0) is 45.1 Å². The summed E-state index contributed by atoms with van der Waals surface area (Å²) in [7, 11) is 0. The predicted octanol–water partition coefficient (Wildman–Crippen LogP) is 2.46. The number of fused-ring (bicyclic) bond motifs is 1. The normalized spacial score (nSPS) is 19.1. The second-order valence-corrected chi connectivity index (χ2v) is 7.55. The van der Waals surface area contributed by atoms with Crippen molar-refractivity contribution >= 4 is 28.2 Å². The lowest BCUT2D eigenvalue weighted by molar-refractivity contribution is -0.122. The molecule has 1 aromatic rings. The number of amides is 1. The Kier molecular flexibility index (Phi) is 6.09. The first-order valence-corrected chi connectivity index (χ1v) is 9.87. The third-order valence-electron chi connectivity index (χ3n) is 4.86. The Hall–Kier alpha value is -1.44. The number of carbonyl (C=O) groups excluding carboxylic acids is 2. The molecular weight excluding hydrogens is 340 g/mol. The summed E-state index contributed by atoms with van der Waals surface area (Å²) < 4.78 is 10.6. The van der Waals surface area contributed by atoms with Crippen LogP contribution in [0, 0.1) is 0 Å². The topological polar surface area (TPSA) is 67.9 Å². The lowest BCUT2D eigenvalue weighted by atomic mass is 9.95. The summed E-state index contributed by atoms with van der Waals surface area (Å²) in [5.41, 5.74) is 1.65. The number of anilines is 1. The molecule has 1 aliphatic carbocycles. The van der Waals surface area contributed by atoms with Crippen molar-refractivity contribution in [2.45, 2.75) is 45.6 Å². The van der Waals surface area contributed by atoms with E-state index in [1.807, 2.05) is 6.92 Å². The molecule has 1 amide bonds. The summed E-state index contributed by atoms with van der Waals surface area (Å²) in [6.07, 6.45) is 4.07. The Morgan fingerprint density at radius 3 is 2.72 bits per heavy atom. The number of nitrogens with one attached hydrogen (secondary N) is 1. The highest BCUT2D eigenvalue weighted by atomic mass is 32.1. The smallest absolute Gasteiger partial charge is 0.341 e. The largest absolute Gasteiger partial charge is 0.462 e.